The predicted octanol–water partition coefficient (Wildman–Crippen LogP) is 1.14. The zero-order chi connectivity index (χ0) is 15.2. The van der Waals surface area contributed by atoms with Gasteiger partial charge in [-0.25, -0.2) is 13.1 Å². The van der Waals surface area contributed by atoms with Crippen LogP contribution in [0.4, 0.5) is 0 Å². The Balaban J connectivity index is 2.61. The highest BCUT2D eigenvalue weighted by atomic mass is 79.9. The first-order valence-electron chi connectivity index (χ1n) is 5.57. The summed E-state index contributed by atoms with van der Waals surface area (Å²) in [5.74, 6) is -0.432. The number of halogens is 2. The molecule has 0 aliphatic heterocycles. The molecule has 112 valence electrons. The highest BCUT2D eigenvalue weighted by Crippen LogP contribution is 2.25. The number of nitrogens with one attached hydrogen (secondary N) is 2. The van der Waals surface area contributed by atoms with Crippen LogP contribution < -0.4 is 10.0 Å². The predicted molar refractivity (Wildman–Crippen MR) is 79.2 cm³/mol. The number of hydrogen-bond acceptors (Lipinski definition) is 4. The number of benzene rings is 1. The van der Waals surface area contributed by atoms with Crippen molar-refractivity contribution in [3.63, 3.8) is 0 Å². The van der Waals surface area contributed by atoms with Gasteiger partial charge in [0.2, 0.25) is 15.9 Å². The molecule has 6 nitrogen and oxygen atoms in total. The van der Waals surface area contributed by atoms with Crippen molar-refractivity contribution < 1.29 is 17.9 Å². The molecular formula is C11H14BrClN2O4S. The molecule has 1 aromatic carbocycles. The quantitative estimate of drug-likeness (QED) is 0.690. The van der Waals surface area contributed by atoms with Crippen LogP contribution in [0.25, 0.3) is 0 Å². The second-order valence-electron chi connectivity index (χ2n) is 3.74. The van der Waals surface area contributed by atoms with Crippen LogP contribution in [-0.4, -0.2) is 41.1 Å². The van der Waals surface area contributed by atoms with Crippen molar-refractivity contribution >= 4 is 43.5 Å². The average Bonchev–Trinajstić information content (AvgIpc) is 2.40. The summed E-state index contributed by atoms with van der Waals surface area (Å²) >= 11 is 8.93. The molecule has 2 N–H and O–H groups in total. The van der Waals surface area contributed by atoms with Gasteiger partial charge in [-0.15, -0.1) is 0 Å². The van der Waals surface area contributed by atoms with E-state index in [9.17, 15) is 13.2 Å². The molecule has 0 saturated carbocycles. The summed E-state index contributed by atoms with van der Waals surface area (Å²) in [5, 5.41) is 2.91. The Morgan fingerprint density at radius 1 is 1.45 bits per heavy atom. The number of rotatable bonds is 7. The van der Waals surface area contributed by atoms with Crippen molar-refractivity contribution in [1.29, 1.82) is 0 Å². The smallest absolute Gasteiger partial charge is 0.241 e. The fourth-order valence-electron chi connectivity index (χ4n) is 1.24. The van der Waals surface area contributed by atoms with Crippen LogP contribution in [0.15, 0.2) is 27.6 Å². The largest absolute Gasteiger partial charge is 0.383 e. The van der Waals surface area contributed by atoms with E-state index in [1.54, 1.807) is 0 Å². The van der Waals surface area contributed by atoms with Crippen LogP contribution >= 0.6 is 27.5 Å². The lowest BCUT2D eigenvalue weighted by Gasteiger charge is -2.08. The van der Waals surface area contributed by atoms with Crippen LogP contribution in [0.3, 0.4) is 0 Å². The number of carbonyl (C=O) groups excluding carboxylic acids is 1. The minimum Gasteiger partial charge on any atom is -0.383 e. The first-order chi connectivity index (χ1) is 9.36. The van der Waals surface area contributed by atoms with E-state index in [1.807, 2.05) is 0 Å². The standard InChI is InChI=1S/C11H14BrClN2O4S/c1-19-5-4-14-11(16)7-15-20(17,18)8-2-3-10(13)9(12)6-8/h2-3,6,15H,4-5,7H2,1H3,(H,14,16). The topological polar surface area (TPSA) is 84.5 Å². The average molecular weight is 386 g/mol. The molecule has 0 spiro atoms. The van der Waals surface area contributed by atoms with Gasteiger partial charge < -0.3 is 10.1 Å². The van der Waals surface area contributed by atoms with E-state index in [4.69, 9.17) is 16.3 Å². The summed E-state index contributed by atoms with van der Waals surface area (Å²) < 4.78 is 31.3. The number of ether oxygens (including phenoxy) is 1. The molecule has 0 saturated heterocycles. The minimum atomic E-state index is -3.76. The number of amides is 1. The molecule has 1 rings (SSSR count). The third-order valence-corrected chi connectivity index (χ3v) is 4.87. The van der Waals surface area contributed by atoms with E-state index >= 15 is 0 Å². The Kier molecular flexibility index (Phi) is 6.90. The van der Waals surface area contributed by atoms with Gasteiger partial charge in [-0.1, -0.05) is 11.6 Å². The number of methoxy groups -OCH3 is 1. The number of sulfonamides is 1. The maximum absolute atomic E-state index is 12.0. The number of hydrogen-bond donors (Lipinski definition) is 2. The summed E-state index contributed by atoms with van der Waals surface area (Å²) in [7, 11) is -2.25. The molecule has 9 heteroatoms. The Labute approximate surface area is 131 Å². The van der Waals surface area contributed by atoms with Crippen molar-refractivity contribution in [2.45, 2.75) is 4.90 Å². The SMILES string of the molecule is COCCNC(=O)CNS(=O)(=O)c1ccc(Cl)c(Br)c1. The molecule has 0 aromatic heterocycles. The Bertz CT molecular complexity index is 580. The summed E-state index contributed by atoms with van der Waals surface area (Å²) in [6, 6.07) is 4.19. The van der Waals surface area contributed by atoms with Crippen molar-refractivity contribution in [1.82, 2.24) is 10.0 Å². The molecule has 0 heterocycles. The lowest BCUT2D eigenvalue weighted by molar-refractivity contribution is -0.120. The Morgan fingerprint density at radius 2 is 2.15 bits per heavy atom. The first-order valence-corrected chi connectivity index (χ1v) is 8.22. The van der Waals surface area contributed by atoms with Crippen molar-refractivity contribution in [2.24, 2.45) is 0 Å². The number of carbonyl (C=O) groups is 1. The van der Waals surface area contributed by atoms with E-state index in [2.05, 4.69) is 26.0 Å². The third-order valence-electron chi connectivity index (χ3n) is 2.25. The van der Waals surface area contributed by atoms with E-state index in [1.165, 1.54) is 25.3 Å². The monoisotopic (exact) mass is 384 g/mol. The van der Waals surface area contributed by atoms with E-state index in [-0.39, 0.29) is 11.4 Å². The minimum absolute atomic E-state index is 0.0264. The zero-order valence-corrected chi connectivity index (χ0v) is 13.8. The highest BCUT2D eigenvalue weighted by Gasteiger charge is 2.16. The highest BCUT2D eigenvalue weighted by molar-refractivity contribution is 9.10. The summed E-state index contributed by atoms with van der Waals surface area (Å²) in [4.78, 5) is 11.4. The molecule has 0 atom stereocenters. The normalized spacial score (nSPS) is 11.3. The van der Waals surface area contributed by atoms with Gasteiger partial charge in [0.25, 0.3) is 0 Å². The van der Waals surface area contributed by atoms with Crippen molar-refractivity contribution in [3.05, 3.63) is 27.7 Å². The summed E-state index contributed by atoms with van der Waals surface area (Å²) in [6.45, 7) is 0.346. The third kappa shape index (κ3) is 5.37. The van der Waals surface area contributed by atoms with Gasteiger partial charge in [-0.2, -0.15) is 0 Å². The molecule has 0 unspecified atom stereocenters. The van der Waals surface area contributed by atoms with Crippen LogP contribution in [-0.2, 0) is 19.6 Å². The molecule has 0 bridgehead atoms. The van der Waals surface area contributed by atoms with Crippen LogP contribution in [0, 0.1) is 0 Å². The zero-order valence-electron chi connectivity index (χ0n) is 10.7. The second-order valence-corrected chi connectivity index (χ2v) is 6.77. The lowest BCUT2D eigenvalue weighted by Crippen LogP contribution is -2.38. The maximum atomic E-state index is 12.0. The molecular weight excluding hydrogens is 372 g/mol. The molecule has 0 aliphatic rings. The van der Waals surface area contributed by atoms with E-state index in [0.29, 0.717) is 22.6 Å². The Hall–Kier alpha value is -0.670. The first kappa shape index (κ1) is 17.4. The van der Waals surface area contributed by atoms with Gasteiger partial charge >= 0.3 is 0 Å². The van der Waals surface area contributed by atoms with Crippen molar-refractivity contribution in [2.75, 3.05) is 26.8 Å². The fourth-order valence-corrected chi connectivity index (χ4v) is 2.90. The van der Waals surface area contributed by atoms with Gasteiger partial charge in [0.15, 0.2) is 0 Å². The molecule has 1 aromatic rings. The Morgan fingerprint density at radius 3 is 2.75 bits per heavy atom. The van der Waals surface area contributed by atoms with Gasteiger partial charge in [-0.3, -0.25) is 4.79 Å². The van der Waals surface area contributed by atoms with Crippen LogP contribution in [0.1, 0.15) is 0 Å². The molecule has 0 radical (unpaired) electrons. The second kappa shape index (κ2) is 7.94. The maximum Gasteiger partial charge on any atom is 0.241 e. The van der Waals surface area contributed by atoms with Crippen LogP contribution in [0.5, 0.6) is 0 Å². The van der Waals surface area contributed by atoms with Gasteiger partial charge in [0.05, 0.1) is 23.1 Å². The van der Waals surface area contributed by atoms with Gasteiger partial charge in [0.1, 0.15) is 0 Å². The van der Waals surface area contributed by atoms with Gasteiger partial charge in [-0.05, 0) is 34.1 Å². The summed E-state index contributed by atoms with van der Waals surface area (Å²) in [6.07, 6.45) is 0. The fraction of sp³-hybridized carbons (Fsp3) is 0.364. The molecule has 0 aliphatic carbocycles. The molecule has 0 fully saturated rings. The van der Waals surface area contributed by atoms with Crippen molar-refractivity contribution in [3.8, 4) is 0 Å². The van der Waals surface area contributed by atoms with E-state index < -0.39 is 15.9 Å². The van der Waals surface area contributed by atoms with E-state index in [0.717, 1.165) is 0 Å². The molecule has 20 heavy (non-hydrogen) atoms. The van der Waals surface area contributed by atoms with Gasteiger partial charge in [0, 0.05) is 18.1 Å². The summed E-state index contributed by atoms with van der Waals surface area (Å²) in [5.41, 5.74) is 0. The lowest BCUT2D eigenvalue weighted by atomic mass is 10.4. The van der Waals surface area contributed by atoms with Crippen LogP contribution in [0.2, 0.25) is 5.02 Å². The molecule has 1 amide bonds.